The van der Waals surface area contributed by atoms with Gasteiger partial charge in [0.05, 0.1) is 5.54 Å². The van der Waals surface area contributed by atoms with Gasteiger partial charge in [-0.3, -0.25) is 4.90 Å². The Morgan fingerprint density at radius 2 is 1.80 bits per heavy atom. The molecule has 1 saturated heterocycles. The highest BCUT2D eigenvalue weighted by molar-refractivity contribution is 5.25. The molecule has 0 bridgehead atoms. The van der Waals surface area contributed by atoms with E-state index >= 15 is 0 Å². The molecular weight excluding hydrogens is 244 g/mol. The molecule has 1 aromatic rings. The molecule has 0 amide bonds. The minimum Gasteiger partial charge on any atom is -0.305 e. The zero-order chi connectivity index (χ0) is 14.0. The van der Waals surface area contributed by atoms with Crippen molar-refractivity contribution in [3.63, 3.8) is 0 Å². The molecule has 0 spiro atoms. The monoisotopic (exact) mass is 272 g/mol. The summed E-state index contributed by atoms with van der Waals surface area (Å²) in [4.78, 5) is 2.78. The van der Waals surface area contributed by atoms with Crippen LogP contribution in [0.1, 0.15) is 51.5 Å². The lowest BCUT2D eigenvalue weighted by Gasteiger charge is -2.49. The van der Waals surface area contributed by atoms with E-state index in [1.807, 2.05) is 0 Å². The summed E-state index contributed by atoms with van der Waals surface area (Å²) < 4.78 is 0. The molecule has 2 aliphatic rings. The van der Waals surface area contributed by atoms with Crippen molar-refractivity contribution in [2.75, 3.05) is 13.1 Å². The van der Waals surface area contributed by atoms with E-state index in [0.29, 0.717) is 6.04 Å². The number of piperazine rings is 1. The van der Waals surface area contributed by atoms with Crippen LogP contribution in [0.3, 0.4) is 0 Å². The largest absolute Gasteiger partial charge is 0.305 e. The van der Waals surface area contributed by atoms with Crippen LogP contribution in [-0.4, -0.2) is 30.1 Å². The summed E-state index contributed by atoms with van der Waals surface area (Å²) >= 11 is 0. The normalized spacial score (nSPS) is 33.2. The minimum absolute atomic E-state index is 0.102. The van der Waals surface area contributed by atoms with Crippen LogP contribution in [0.15, 0.2) is 30.3 Å². The average Bonchev–Trinajstić information content (AvgIpc) is 2.52. The molecule has 2 unspecified atom stereocenters. The van der Waals surface area contributed by atoms with Crippen LogP contribution in [-0.2, 0) is 5.54 Å². The van der Waals surface area contributed by atoms with E-state index in [9.17, 15) is 0 Å². The van der Waals surface area contributed by atoms with Crippen LogP contribution in [0, 0.1) is 0 Å². The van der Waals surface area contributed by atoms with E-state index in [4.69, 9.17) is 0 Å². The summed E-state index contributed by atoms with van der Waals surface area (Å²) in [7, 11) is 0. The third kappa shape index (κ3) is 2.77. The van der Waals surface area contributed by atoms with Crippen molar-refractivity contribution in [1.29, 1.82) is 0 Å². The molecule has 1 aliphatic heterocycles. The predicted octanol–water partition coefficient (Wildman–Crippen LogP) is 3.53. The van der Waals surface area contributed by atoms with Crippen LogP contribution >= 0.6 is 0 Å². The van der Waals surface area contributed by atoms with E-state index in [1.54, 1.807) is 0 Å². The first-order valence-electron chi connectivity index (χ1n) is 8.25. The fourth-order valence-electron chi connectivity index (χ4n) is 3.97. The van der Waals surface area contributed by atoms with Gasteiger partial charge in [0.25, 0.3) is 0 Å². The number of benzene rings is 1. The summed E-state index contributed by atoms with van der Waals surface area (Å²) in [5.41, 5.74) is 1.53. The first-order chi connectivity index (χ1) is 9.69. The van der Waals surface area contributed by atoms with Gasteiger partial charge >= 0.3 is 0 Å². The van der Waals surface area contributed by atoms with E-state index in [0.717, 1.165) is 19.1 Å². The lowest BCUT2D eigenvalue weighted by molar-refractivity contribution is 0.0386. The standard InChI is InChI=1S/C18H28N2/c1-15-13-19-18(2,16-9-5-3-6-10-16)14-20(15)17-11-7-4-8-12-17/h3,5-6,9-10,15,17,19H,4,7-8,11-14H2,1-2H3. The second kappa shape index (κ2) is 5.87. The first kappa shape index (κ1) is 14.1. The van der Waals surface area contributed by atoms with Crippen LogP contribution in [0.25, 0.3) is 0 Å². The van der Waals surface area contributed by atoms with Gasteiger partial charge < -0.3 is 5.32 Å². The van der Waals surface area contributed by atoms with Crippen LogP contribution < -0.4 is 5.32 Å². The molecule has 1 N–H and O–H groups in total. The number of nitrogens with one attached hydrogen (secondary N) is 1. The molecule has 2 heteroatoms. The Kier molecular flexibility index (Phi) is 4.13. The quantitative estimate of drug-likeness (QED) is 0.886. The van der Waals surface area contributed by atoms with Crippen LogP contribution in [0.4, 0.5) is 0 Å². The second-order valence-electron chi connectivity index (χ2n) is 6.89. The third-order valence-electron chi connectivity index (χ3n) is 5.31. The van der Waals surface area contributed by atoms with Crippen LogP contribution in [0.2, 0.25) is 0 Å². The Hall–Kier alpha value is -0.860. The third-order valence-corrected chi connectivity index (χ3v) is 5.31. The van der Waals surface area contributed by atoms with Crippen molar-refractivity contribution in [3.05, 3.63) is 35.9 Å². The molecule has 0 aromatic heterocycles. The van der Waals surface area contributed by atoms with Gasteiger partial charge in [0, 0.05) is 25.2 Å². The van der Waals surface area contributed by atoms with Gasteiger partial charge in [-0.1, -0.05) is 49.6 Å². The highest BCUT2D eigenvalue weighted by Gasteiger charge is 2.38. The summed E-state index contributed by atoms with van der Waals surface area (Å²) in [6.45, 7) is 6.99. The van der Waals surface area contributed by atoms with Gasteiger partial charge in [-0.25, -0.2) is 0 Å². The Morgan fingerprint density at radius 3 is 2.50 bits per heavy atom. The Bertz CT molecular complexity index is 424. The molecule has 1 aromatic carbocycles. The Balaban J connectivity index is 1.78. The summed E-state index contributed by atoms with van der Waals surface area (Å²) in [6, 6.07) is 12.4. The molecule has 2 nitrogen and oxygen atoms in total. The van der Waals surface area contributed by atoms with Gasteiger partial charge in [0.15, 0.2) is 0 Å². The number of nitrogens with zero attached hydrogens (tertiary/aromatic N) is 1. The Morgan fingerprint density at radius 1 is 1.10 bits per heavy atom. The van der Waals surface area contributed by atoms with Gasteiger partial charge in [-0.2, -0.15) is 0 Å². The van der Waals surface area contributed by atoms with Crippen molar-refractivity contribution in [3.8, 4) is 0 Å². The molecule has 2 atom stereocenters. The maximum Gasteiger partial charge on any atom is 0.0535 e. The smallest absolute Gasteiger partial charge is 0.0535 e. The van der Waals surface area contributed by atoms with Crippen molar-refractivity contribution in [2.45, 2.75) is 63.6 Å². The highest BCUT2D eigenvalue weighted by Crippen LogP contribution is 2.31. The fraction of sp³-hybridized carbons (Fsp3) is 0.667. The van der Waals surface area contributed by atoms with E-state index in [1.165, 1.54) is 37.7 Å². The van der Waals surface area contributed by atoms with Crippen molar-refractivity contribution in [1.82, 2.24) is 10.2 Å². The number of rotatable bonds is 2. The van der Waals surface area contributed by atoms with E-state index < -0.39 is 0 Å². The molecule has 2 fully saturated rings. The summed E-state index contributed by atoms with van der Waals surface area (Å²) in [6.07, 6.45) is 7.07. The van der Waals surface area contributed by atoms with Gasteiger partial charge in [-0.05, 0) is 32.3 Å². The fourth-order valence-corrected chi connectivity index (χ4v) is 3.97. The molecule has 20 heavy (non-hydrogen) atoms. The molecule has 3 rings (SSSR count). The minimum atomic E-state index is 0.102. The van der Waals surface area contributed by atoms with E-state index in [-0.39, 0.29) is 5.54 Å². The van der Waals surface area contributed by atoms with Gasteiger partial charge in [0.1, 0.15) is 0 Å². The maximum absolute atomic E-state index is 3.79. The topological polar surface area (TPSA) is 15.3 Å². The molecule has 1 aliphatic carbocycles. The first-order valence-corrected chi connectivity index (χ1v) is 8.25. The van der Waals surface area contributed by atoms with Crippen molar-refractivity contribution < 1.29 is 0 Å². The second-order valence-corrected chi connectivity index (χ2v) is 6.89. The highest BCUT2D eigenvalue weighted by atomic mass is 15.3. The predicted molar refractivity (Wildman–Crippen MR) is 84.8 cm³/mol. The molecule has 0 radical (unpaired) electrons. The zero-order valence-electron chi connectivity index (χ0n) is 12.9. The van der Waals surface area contributed by atoms with E-state index in [2.05, 4.69) is 54.4 Å². The van der Waals surface area contributed by atoms with Gasteiger partial charge in [-0.15, -0.1) is 0 Å². The van der Waals surface area contributed by atoms with Crippen molar-refractivity contribution in [2.24, 2.45) is 0 Å². The van der Waals surface area contributed by atoms with Crippen LogP contribution in [0.5, 0.6) is 0 Å². The Labute approximate surface area is 123 Å². The summed E-state index contributed by atoms with van der Waals surface area (Å²) in [5.74, 6) is 0. The zero-order valence-corrected chi connectivity index (χ0v) is 12.9. The molecular formula is C18H28N2. The lowest BCUT2D eigenvalue weighted by Crippen LogP contribution is -2.62. The summed E-state index contributed by atoms with van der Waals surface area (Å²) in [5, 5.41) is 3.79. The average molecular weight is 272 g/mol. The van der Waals surface area contributed by atoms with Crippen molar-refractivity contribution >= 4 is 0 Å². The van der Waals surface area contributed by atoms with Gasteiger partial charge in [0.2, 0.25) is 0 Å². The molecule has 1 saturated carbocycles. The number of hydrogen-bond acceptors (Lipinski definition) is 2. The lowest BCUT2D eigenvalue weighted by atomic mass is 9.85. The maximum atomic E-state index is 3.79. The number of hydrogen-bond donors (Lipinski definition) is 1. The SMILES string of the molecule is CC1CNC(C)(c2ccccc2)CN1C1CCCCC1. The molecule has 110 valence electrons. The molecule has 1 heterocycles.